The largest absolute Gasteiger partial charge is 0.378 e. The zero-order valence-electron chi connectivity index (χ0n) is 13.5. The van der Waals surface area contributed by atoms with Gasteiger partial charge in [-0.15, -0.1) is 0 Å². The Balaban J connectivity index is 1.57. The molecule has 0 aromatic rings. The summed E-state index contributed by atoms with van der Waals surface area (Å²) in [5.41, 5.74) is 0.359. The molecular formula is C17H32N2O. The van der Waals surface area contributed by atoms with Crippen LogP contribution in [0.2, 0.25) is 0 Å². The molecule has 0 amide bonds. The summed E-state index contributed by atoms with van der Waals surface area (Å²) in [6.07, 6.45) is 7.18. The maximum atomic E-state index is 5.81. The van der Waals surface area contributed by atoms with E-state index in [4.69, 9.17) is 4.74 Å². The van der Waals surface area contributed by atoms with Crippen molar-refractivity contribution >= 4 is 0 Å². The molecule has 0 spiro atoms. The number of hydrogen-bond acceptors (Lipinski definition) is 3. The fourth-order valence-corrected chi connectivity index (χ4v) is 3.93. The smallest absolute Gasteiger partial charge is 0.0588 e. The van der Waals surface area contributed by atoms with Gasteiger partial charge in [0.05, 0.1) is 6.10 Å². The molecule has 3 aliphatic rings. The maximum Gasteiger partial charge on any atom is 0.0588 e. The summed E-state index contributed by atoms with van der Waals surface area (Å²) < 4.78 is 5.81. The summed E-state index contributed by atoms with van der Waals surface area (Å²) in [5.74, 6) is 0.959. The van der Waals surface area contributed by atoms with Crippen LogP contribution >= 0.6 is 0 Å². The van der Waals surface area contributed by atoms with Crippen LogP contribution < -0.4 is 5.32 Å². The van der Waals surface area contributed by atoms with Gasteiger partial charge in [-0.3, -0.25) is 4.90 Å². The Bertz CT molecular complexity index is 315. The van der Waals surface area contributed by atoms with Crippen molar-refractivity contribution in [2.24, 2.45) is 11.3 Å². The van der Waals surface area contributed by atoms with E-state index in [-0.39, 0.29) is 0 Å². The topological polar surface area (TPSA) is 24.5 Å². The standard InChI is InChI=1S/C17H32N2O/c1-17(2,3)16-11-18-15(13-6-7-13)12-19(16)9-8-14-5-4-10-20-14/h13-16,18H,4-12H2,1-3H3. The van der Waals surface area contributed by atoms with Crippen molar-refractivity contribution in [1.29, 1.82) is 0 Å². The van der Waals surface area contributed by atoms with Crippen LogP contribution in [0.5, 0.6) is 0 Å². The first kappa shape index (κ1) is 14.8. The van der Waals surface area contributed by atoms with Crippen LogP contribution in [0.4, 0.5) is 0 Å². The summed E-state index contributed by atoms with van der Waals surface area (Å²) in [7, 11) is 0. The Hall–Kier alpha value is -0.120. The molecule has 3 unspecified atom stereocenters. The molecule has 1 aliphatic carbocycles. The van der Waals surface area contributed by atoms with Gasteiger partial charge in [0, 0.05) is 38.3 Å². The summed E-state index contributed by atoms with van der Waals surface area (Å²) >= 11 is 0. The second kappa shape index (κ2) is 5.94. The van der Waals surface area contributed by atoms with Gasteiger partial charge in [0.15, 0.2) is 0 Å². The summed E-state index contributed by atoms with van der Waals surface area (Å²) in [5, 5.41) is 3.82. The predicted molar refractivity (Wildman–Crippen MR) is 82.9 cm³/mol. The number of rotatable bonds is 4. The minimum atomic E-state index is 0.359. The highest BCUT2D eigenvalue weighted by Crippen LogP contribution is 2.36. The van der Waals surface area contributed by atoms with Crippen molar-refractivity contribution in [3.8, 4) is 0 Å². The molecule has 1 N–H and O–H groups in total. The van der Waals surface area contributed by atoms with E-state index in [9.17, 15) is 0 Å². The summed E-state index contributed by atoms with van der Waals surface area (Å²) in [6.45, 7) is 11.8. The summed E-state index contributed by atoms with van der Waals surface area (Å²) in [4.78, 5) is 2.77. The SMILES string of the molecule is CC(C)(C)C1CNC(C2CC2)CN1CCC1CCCO1. The molecule has 3 heteroatoms. The van der Waals surface area contributed by atoms with Gasteiger partial charge in [0.2, 0.25) is 0 Å². The molecule has 3 rings (SSSR count). The van der Waals surface area contributed by atoms with E-state index in [1.165, 1.54) is 45.2 Å². The molecule has 2 aliphatic heterocycles. The third-order valence-electron chi connectivity index (χ3n) is 5.40. The monoisotopic (exact) mass is 280 g/mol. The highest BCUT2D eigenvalue weighted by Gasteiger charge is 2.40. The highest BCUT2D eigenvalue weighted by atomic mass is 16.5. The molecule has 0 aromatic heterocycles. The van der Waals surface area contributed by atoms with E-state index < -0.39 is 0 Å². The van der Waals surface area contributed by atoms with Crippen molar-refractivity contribution in [1.82, 2.24) is 10.2 Å². The van der Waals surface area contributed by atoms with Crippen molar-refractivity contribution in [2.75, 3.05) is 26.2 Å². The van der Waals surface area contributed by atoms with Crippen molar-refractivity contribution < 1.29 is 4.74 Å². The van der Waals surface area contributed by atoms with Gasteiger partial charge in [-0.2, -0.15) is 0 Å². The molecule has 0 bridgehead atoms. The van der Waals surface area contributed by atoms with Gasteiger partial charge in [0.25, 0.3) is 0 Å². The molecule has 2 heterocycles. The first-order valence-corrected chi connectivity index (χ1v) is 8.63. The first-order chi connectivity index (χ1) is 9.54. The number of nitrogens with one attached hydrogen (secondary N) is 1. The number of hydrogen-bond donors (Lipinski definition) is 1. The number of nitrogens with zero attached hydrogens (tertiary/aromatic N) is 1. The Morgan fingerprint density at radius 1 is 1.20 bits per heavy atom. The second-order valence-corrected chi connectivity index (χ2v) is 8.15. The van der Waals surface area contributed by atoms with E-state index in [1.54, 1.807) is 0 Å². The molecule has 2 saturated heterocycles. The third kappa shape index (κ3) is 3.55. The maximum absolute atomic E-state index is 5.81. The van der Waals surface area contributed by atoms with Gasteiger partial charge < -0.3 is 10.1 Å². The van der Waals surface area contributed by atoms with Crippen molar-refractivity contribution in [3.05, 3.63) is 0 Å². The minimum absolute atomic E-state index is 0.359. The Labute approximate surface area is 124 Å². The van der Waals surface area contributed by atoms with E-state index in [0.29, 0.717) is 17.6 Å². The van der Waals surface area contributed by atoms with Gasteiger partial charge in [-0.25, -0.2) is 0 Å². The van der Waals surface area contributed by atoms with Crippen LogP contribution in [0.1, 0.15) is 52.9 Å². The molecule has 3 nitrogen and oxygen atoms in total. The van der Waals surface area contributed by atoms with Crippen LogP contribution in [0.3, 0.4) is 0 Å². The Morgan fingerprint density at radius 2 is 2.00 bits per heavy atom. The minimum Gasteiger partial charge on any atom is -0.378 e. The molecule has 20 heavy (non-hydrogen) atoms. The first-order valence-electron chi connectivity index (χ1n) is 8.63. The van der Waals surface area contributed by atoms with Crippen LogP contribution in [-0.2, 0) is 4.74 Å². The van der Waals surface area contributed by atoms with Gasteiger partial charge >= 0.3 is 0 Å². The molecular weight excluding hydrogens is 248 g/mol. The van der Waals surface area contributed by atoms with Crippen molar-refractivity contribution in [2.45, 2.75) is 71.1 Å². The van der Waals surface area contributed by atoms with E-state index in [2.05, 4.69) is 31.0 Å². The molecule has 3 atom stereocenters. The lowest BCUT2D eigenvalue weighted by atomic mass is 9.83. The number of ether oxygens (including phenoxy) is 1. The molecule has 3 fully saturated rings. The summed E-state index contributed by atoms with van der Waals surface area (Å²) in [6, 6.07) is 1.41. The highest BCUT2D eigenvalue weighted by molar-refractivity contribution is 4.97. The number of piperazine rings is 1. The normalized spacial score (nSPS) is 36.5. The lowest BCUT2D eigenvalue weighted by Crippen LogP contribution is -2.61. The van der Waals surface area contributed by atoms with Crippen molar-refractivity contribution in [3.63, 3.8) is 0 Å². The average molecular weight is 280 g/mol. The van der Waals surface area contributed by atoms with Crippen LogP contribution in [0.15, 0.2) is 0 Å². The molecule has 0 radical (unpaired) electrons. The molecule has 116 valence electrons. The van der Waals surface area contributed by atoms with E-state index in [0.717, 1.165) is 25.1 Å². The van der Waals surface area contributed by atoms with E-state index in [1.807, 2.05) is 0 Å². The zero-order chi connectivity index (χ0) is 14.2. The Kier molecular flexibility index (Phi) is 4.40. The zero-order valence-corrected chi connectivity index (χ0v) is 13.5. The lowest BCUT2D eigenvalue weighted by Gasteiger charge is -2.47. The second-order valence-electron chi connectivity index (χ2n) is 8.15. The van der Waals surface area contributed by atoms with Crippen LogP contribution in [0.25, 0.3) is 0 Å². The van der Waals surface area contributed by atoms with Crippen LogP contribution in [0, 0.1) is 11.3 Å². The van der Waals surface area contributed by atoms with Gasteiger partial charge in [0.1, 0.15) is 0 Å². The fraction of sp³-hybridized carbons (Fsp3) is 1.00. The van der Waals surface area contributed by atoms with E-state index >= 15 is 0 Å². The lowest BCUT2D eigenvalue weighted by molar-refractivity contribution is 0.0310. The quantitative estimate of drug-likeness (QED) is 0.857. The third-order valence-corrected chi connectivity index (χ3v) is 5.40. The van der Waals surface area contributed by atoms with Gasteiger partial charge in [-0.05, 0) is 43.4 Å². The average Bonchev–Trinajstić information content (AvgIpc) is 3.12. The molecule has 0 aromatic carbocycles. The Morgan fingerprint density at radius 3 is 2.60 bits per heavy atom. The van der Waals surface area contributed by atoms with Crippen LogP contribution in [-0.4, -0.2) is 49.3 Å². The van der Waals surface area contributed by atoms with Gasteiger partial charge in [-0.1, -0.05) is 20.8 Å². The fourth-order valence-electron chi connectivity index (χ4n) is 3.93. The predicted octanol–water partition coefficient (Wildman–Crippen LogP) is 2.65. The molecule has 1 saturated carbocycles.